The largest absolute Gasteiger partial charge is 0.444 e. The van der Waals surface area contributed by atoms with Crippen LogP contribution in [0.5, 0.6) is 0 Å². The molecule has 1 heterocycles. The lowest BCUT2D eigenvalue weighted by molar-refractivity contribution is 0.0480. The first-order valence-corrected chi connectivity index (χ1v) is 13.6. The van der Waals surface area contributed by atoms with Gasteiger partial charge in [-0.15, -0.1) is 0 Å². The topological polar surface area (TPSA) is 139 Å². The summed E-state index contributed by atoms with van der Waals surface area (Å²) < 4.78 is 10.7. The molecular weight excluding hydrogens is 498 g/mol. The van der Waals surface area contributed by atoms with Gasteiger partial charge >= 0.3 is 12.2 Å². The summed E-state index contributed by atoms with van der Waals surface area (Å²) in [5, 5.41) is 12.8. The van der Waals surface area contributed by atoms with Crippen LogP contribution in [0.3, 0.4) is 0 Å². The molecule has 0 atom stereocenters. The van der Waals surface area contributed by atoms with Crippen molar-refractivity contribution in [3.05, 3.63) is 5.28 Å². The Balaban J connectivity index is 1.43. The summed E-state index contributed by atoms with van der Waals surface area (Å²) in [4.78, 5) is 37.1. The summed E-state index contributed by atoms with van der Waals surface area (Å²) in [6, 6.07) is 0.536. The molecule has 3 rings (SSSR count). The van der Waals surface area contributed by atoms with Crippen molar-refractivity contribution in [1.82, 2.24) is 25.6 Å². The summed E-state index contributed by atoms with van der Waals surface area (Å²) in [5.41, 5.74) is -1.02. The highest BCUT2D eigenvalue weighted by molar-refractivity contribution is 6.28. The number of hydrogen-bond donors (Lipinski definition) is 4. The van der Waals surface area contributed by atoms with Gasteiger partial charge in [0.2, 0.25) is 17.2 Å². The van der Waals surface area contributed by atoms with Crippen molar-refractivity contribution in [2.45, 2.75) is 128 Å². The minimum Gasteiger partial charge on any atom is -0.444 e. The zero-order chi connectivity index (χ0) is 27.2. The molecular formula is C25H42ClN7O4. The third-order valence-corrected chi connectivity index (χ3v) is 6.34. The molecule has 1 aromatic rings. The summed E-state index contributed by atoms with van der Waals surface area (Å²) in [5.74, 6) is 0.873. The van der Waals surface area contributed by atoms with E-state index in [1.165, 1.54) is 0 Å². The second kappa shape index (κ2) is 12.3. The quantitative estimate of drug-likeness (QED) is 0.392. The van der Waals surface area contributed by atoms with Gasteiger partial charge in [0.25, 0.3) is 0 Å². The Morgan fingerprint density at radius 1 is 0.649 bits per heavy atom. The maximum absolute atomic E-state index is 12.0. The van der Waals surface area contributed by atoms with Crippen LogP contribution in [0.15, 0.2) is 0 Å². The number of hydrogen-bond acceptors (Lipinski definition) is 9. The number of carbonyl (C=O) groups excluding carboxylic acids is 2. The van der Waals surface area contributed by atoms with E-state index in [4.69, 9.17) is 21.1 Å². The standard InChI is InChI=1S/C25H42ClN7O4/c1-24(2,3)36-22(34)29-17-11-7-15(8-12-17)27-20-31-19(26)32-21(33-20)28-16-9-13-18(14-10-16)30-23(35)37-25(4,5)6/h15-18H,7-14H2,1-6H3,(H,29,34)(H,30,35)(H2,27,28,31,32,33)/t15-,16-,17-,18-. The normalized spacial score (nSPS) is 24.5. The maximum Gasteiger partial charge on any atom is 0.407 e. The lowest BCUT2D eigenvalue weighted by Crippen LogP contribution is -2.42. The van der Waals surface area contributed by atoms with E-state index in [1.807, 2.05) is 41.5 Å². The highest BCUT2D eigenvalue weighted by atomic mass is 35.5. The molecule has 0 spiro atoms. The van der Waals surface area contributed by atoms with Crippen molar-refractivity contribution >= 4 is 35.7 Å². The van der Waals surface area contributed by atoms with E-state index in [0.29, 0.717) is 11.9 Å². The van der Waals surface area contributed by atoms with Crippen molar-refractivity contribution in [3.63, 3.8) is 0 Å². The van der Waals surface area contributed by atoms with Gasteiger partial charge < -0.3 is 30.7 Å². The molecule has 0 saturated heterocycles. The fourth-order valence-corrected chi connectivity index (χ4v) is 4.72. The Morgan fingerprint density at radius 2 is 0.973 bits per heavy atom. The second-order valence-electron chi connectivity index (χ2n) is 11.9. The molecule has 0 aliphatic heterocycles. The molecule has 11 nitrogen and oxygen atoms in total. The van der Waals surface area contributed by atoms with E-state index in [2.05, 4.69) is 36.2 Å². The fraction of sp³-hybridized carbons (Fsp3) is 0.800. The molecule has 2 fully saturated rings. The average Bonchev–Trinajstić information content (AvgIpc) is 2.73. The molecule has 0 aromatic carbocycles. The lowest BCUT2D eigenvalue weighted by atomic mass is 9.91. The van der Waals surface area contributed by atoms with E-state index in [-0.39, 0.29) is 41.6 Å². The number of nitrogens with zero attached hydrogens (tertiary/aromatic N) is 3. The number of halogens is 1. The zero-order valence-electron chi connectivity index (χ0n) is 22.8. The van der Waals surface area contributed by atoms with Gasteiger partial charge in [0.05, 0.1) is 0 Å². The fourth-order valence-electron chi connectivity index (χ4n) is 4.56. The first-order valence-electron chi connectivity index (χ1n) is 13.2. The monoisotopic (exact) mass is 539 g/mol. The second-order valence-corrected chi connectivity index (χ2v) is 12.3. The summed E-state index contributed by atoms with van der Waals surface area (Å²) in [6.07, 6.45) is 6.04. The number of nitrogens with one attached hydrogen (secondary N) is 4. The van der Waals surface area contributed by atoms with Gasteiger partial charge in [-0.3, -0.25) is 0 Å². The van der Waals surface area contributed by atoms with Crippen molar-refractivity contribution in [3.8, 4) is 0 Å². The van der Waals surface area contributed by atoms with E-state index < -0.39 is 11.2 Å². The average molecular weight is 540 g/mol. The highest BCUT2D eigenvalue weighted by Gasteiger charge is 2.27. The molecule has 208 valence electrons. The third kappa shape index (κ3) is 10.8. The van der Waals surface area contributed by atoms with Crippen LogP contribution < -0.4 is 21.3 Å². The Kier molecular flexibility index (Phi) is 9.66. The number of ether oxygens (including phenoxy) is 2. The van der Waals surface area contributed by atoms with Gasteiger partial charge in [-0.25, -0.2) is 9.59 Å². The number of alkyl carbamates (subject to hydrolysis) is 2. The van der Waals surface area contributed by atoms with Gasteiger partial charge in [-0.2, -0.15) is 15.0 Å². The van der Waals surface area contributed by atoms with Crippen molar-refractivity contribution in [2.24, 2.45) is 0 Å². The zero-order valence-corrected chi connectivity index (χ0v) is 23.6. The van der Waals surface area contributed by atoms with Crippen LogP contribution >= 0.6 is 11.6 Å². The maximum atomic E-state index is 12.0. The van der Waals surface area contributed by atoms with E-state index >= 15 is 0 Å². The Morgan fingerprint density at radius 3 is 1.30 bits per heavy atom. The highest BCUT2D eigenvalue weighted by Crippen LogP contribution is 2.25. The van der Waals surface area contributed by atoms with Gasteiger partial charge in [0, 0.05) is 24.2 Å². The van der Waals surface area contributed by atoms with E-state index in [9.17, 15) is 9.59 Å². The van der Waals surface area contributed by atoms with Gasteiger partial charge in [-0.1, -0.05) is 0 Å². The van der Waals surface area contributed by atoms with Crippen LogP contribution in [0.4, 0.5) is 21.5 Å². The van der Waals surface area contributed by atoms with Gasteiger partial charge in [0.1, 0.15) is 11.2 Å². The van der Waals surface area contributed by atoms with Crippen LogP contribution in [0, 0.1) is 0 Å². The van der Waals surface area contributed by atoms with Gasteiger partial charge in [0.15, 0.2) is 0 Å². The molecule has 0 radical (unpaired) electrons. The van der Waals surface area contributed by atoms with E-state index in [1.54, 1.807) is 0 Å². The van der Waals surface area contributed by atoms with Crippen molar-refractivity contribution < 1.29 is 19.1 Å². The molecule has 2 aliphatic rings. The predicted molar refractivity (Wildman–Crippen MR) is 143 cm³/mol. The Hall–Kier alpha value is -2.56. The predicted octanol–water partition coefficient (Wildman–Crippen LogP) is 5.02. The van der Waals surface area contributed by atoms with Gasteiger partial charge in [-0.05, 0) is 105 Å². The smallest absolute Gasteiger partial charge is 0.407 e. The van der Waals surface area contributed by atoms with Crippen LogP contribution in [-0.4, -0.2) is 62.5 Å². The molecule has 2 saturated carbocycles. The summed E-state index contributed by atoms with van der Waals surface area (Å²) in [7, 11) is 0. The first kappa shape index (κ1) is 29.0. The molecule has 12 heteroatoms. The first-order chi connectivity index (χ1) is 17.2. The molecule has 0 unspecified atom stereocenters. The molecule has 1 aromatic heterocycles. The number of rotatable bonds is 6. The minimum absolute atomic E-state index is 0.0898. The van der Waals surface area contributed by atoms with Crippen LogP contribution in [0.1, 0.15) is 92.9 Å². The lowest BCUT2D eigenvalue weighted by Gasteiger charge is -2.31. The Labute approximate surface area is 224 Å². The molecule has 37 heavy (non-hydrogen) atoms. The summed E-state index contributed by atoms with van der Waals surface area (Å²) in [6.45, 7) is 11.1. The van der Waals surface area contributed by atoms with Crippen LogP contribution in [0.2, 0.25) is 5.28 Å². The van der Waals surface area contributed by atoms with E-state index in [0.717, 1.165) is 51.4 Å². The van der Waals surface area contributed by atoms with Crippen molar-refractivity contribution in [1.29, 1.82) is 0 Å². The molecule has 4 N–H and O–H groups in total. The van der Waals surface area contributed by atoms with Crippen molar-refractivity contribution in [2.75, 3.05) is 10.6 Å². The third-order valence-electron chi connectivity index (χ3n) is 6.17. The number of carbonyl (C=O) groups is 2. The van der Waals surface area contributed by atoms with Crippen LogP contribution in [0.25, 0.3) is 0 Å². The number of aromatic nitrogens is 3. The number of amides is 2. The SMILES string of the molecule is CC(C)(C)OC(=O)N[C@H]1CC[C@H](Nc2nc(Cl)nc(N[C@H]3CC[C@H](NC(=O)OC(C)(C)C)CC3)n2)CC1. The minimum atomic E-state index is -0.511. The summed E-state index contributed by atoms with van der Waals surface area (Å²) >= 11 is 6.19. The van der Waals surface area contributed by atoms with Crippen LogP contribution in [-0.2, 0) is 9.47 Å². The molecule has 0 bridgehead atoms. The molecule has 2 aliphatic carbocycles. The Bertz CT molecular complexity index is 848. The molecule has 2 amide bonds. The number of anilines is 2.